The molecule has 0 radical (unpaired) electrons. The van der Waals surface area contributed by atoms with Crippen molar-refractivity contribution in [1.29, 1.82) is 0 Å². The van der Waals surface area contributed by atoms with Gasteiger partial charge in [0.2, 0.25) is 0 Å². The quantitative estimate of drug-likeness (QED) is 0.605. The van der Waals surface area contributed by atoms with Gasteiger partial charge < -0.3 is 22.8 Å². The molecule has 1 aromatic rings. The molecule has 2 nitrogen and oxygen atoms in total. The Morgan fingerprint density at radius 3 is 2.71 bits per heavy atom. The molecular formula is C13H21ClFNO. The summed E-state index contributed by atoms with van der Waals surface area (Å²) in [6.07, 6.45) is 1.58. The van der Waals surface area contributed by atoms with Gasteiger partial charge in [-0.3, -0.25) is 4.39 Å². The maximum Gasteiger partial charge on any atom is 0.118 e. The van der Waals surface area contributed by atoms with Crippen LogP contribution in [0, 0.1) is 6.92 Å². The number of quaternary nitrogens is 1. The van der Waals surface area contributed by atoms with Crippen molar-refractivity contribution in [2.45, 2.75) is 32.7 Å². The molecule has 3 N–H and O–H groups in total. The lowest BCUT2D eigenvalue weighted by atomic mass is 10.0. The topological polar surface area (TPSA) is 36.8 Å². The van der Waals surface area contributed by atoms with Crippen LogP contribution < -0.4 is 17.7 Å². The number of alkyl halides is 1. The zero-order valence-electron chi connectivity index (χ0n) is 10.4. The van der Waals surface area contributed by atoms with Crippen molar-refractivity contribution >= 4 is 0 Å². The molecule has 1 unspecified atom stereocenters. The van der Waals surface area contributed by atoms with E-state index < -0.39 is 0 Å². The lowest BCUT2D eigenvalue weighted by molar-refractivity contribution is -0.686. The van der Waals surface area contributed by atoms with E-state index in [9.17, 15) is 9.50 Å². The van der Waals surface area contributed by atoms with Crippen molar-refractivity contribution < 1.29 is 27.2 Å². The van der Waals surface area contributed by atoms with E-state index >= 15 is 0 Å². The van der Waals surface area contributed by atoms with Gasteiger partial charge in [-0.05, 0) is 31.0 Å². The number of aryl methyl sites for hydroxylation is 1. The molecule has 0 aliphatic rings. The summed E-state index contributed by atoms with van der Waals surface area (Å²) in [6, 6.07) is 6.14. The summed E-state index contributed by atoms with van der Waals surface area (Å²) in [7, 11) is 0. The molecule has 0 heterocycles. The molecular weight excluding hydrogens is 241 g/mol. The van der Waals surface area contributed by atoms with Crippen LogP contribution in [-0.2, 0) is 6.42 Å². The monoisotopic (exact) mass is 261 g/mol. The third kappa shape index (κ3) is 5.89. The fraction of sp³-hybridized carbons (Fsp3) is 0.538. The van der Waals surface area contributed by atoms with E-state index in [1.165, 1.54) is 5.56 Å². The molecule has 0 saturated heterocycles. The maximum atomic E-state index is 11.9. The van der Waals surface area contributed by atoms with E-state index in [0.717, 1.165) is 18.5 Å². The largest absolute Gasteiger partial charge is 1.00 e. The Balaban J connectivity index is 0.00000256. The SMILES string of the molecule is Cc1cc(CC(C)[NH2+]CCCF)ccc1O.[Cl-]. The summed E-state index contributed by atoms with van der Waals surface area (Å²) in [6.45, 7) is 4.65. The van der Waals surface area contributed by atoms with E-state index in [4.69, 9.17) is 0 Å². The van der Waals surface area contributed by atoms with Crippen molar-refractivity contribution in [1.82, 2.24) is 0 Å². The molecule has 0 saturated carbocycles. The lowest BCUT2D eigenvalue weighted by Crippen LogP contribution is -3.00. The molecule has 98 valence electrons. The number of nitrogens with two attached hydrogens (primary N) is 1. The number of benzene rings is 1. The molecule has 17 heavy (non-hydrogen) atoms. The predicted molar refractivity (Wildman–Crippen MR) is 63.4 cm³/mol. The van der Waals surface area contributed by atoms with Crippen LogP contribution in [0.15, 0.2) is 18.2 Å². The summed E-state index contributed by atoms with van der Waals surface area (Å²) in [5.74, 6) is 0.345. The molecule has 1 atom stereocenters. The van der Waals surface area contributed by atoms with Crippen molar-refractivity contribution in [3.05, 3.63) is 29.3 Å². The Morgan fingerprint density at radius 2 is 2.12 bits per heavy atom. The Labute approximate surface area is 109 Å². The molecule has 0 spiro atoms. The first-order valence-electron chi connectivity index (χ1n) is 5.81. The minimum Gasteiger partial charge on any atom is -1.00 e. The molecule has 0 bridgehead atoms. The van der Waals surface area contributed by atoms with E-state index in [-0.39, 0.29) is 19.1 Å². The average molecular weight is 262 g/mol. The van der Waals surface area contributed by atoms with Crippen LogP contribution in [0.4, 0.5) is 4.39 Å². The van der Waals surface area contributed by atoms with Crippen LogP contribution in [0.25, 0.3) is 0 Å². The maximum absolute atomic E-state index is 11.9. The fourth-order valence-corrected chi connectivity index (χ4v) is 1.78. The standard InChI is InChI=1S/C13H20FNO.ClH/c1-10-8-12(4-5-13(10)16)9-11(2)15-7-3-6-14;/h4-5,8,11,15-16H,3,6-7,9H2,1-2H3;1H. The minimum absolute atomic E-state index is 0. The van der Waals surface area contributed by atoms with E-state index in [2.05, 4.69) is 12.2 Å². The zero-order chi connectivity index (χ0) is 12.0. The Kier molecular flexibility index (Phi) is 7.92. The highest BCUT2D eigenvalue weighted by atomic mass is 35.5. The first kappa shape index (κ1) is 16.2. The zero-order valence-corrected chi connectivity index (χ0v) is 11.2. The second kappa shape index (κ2) is 8.31. The smallest absolute Gasteiger partial charge is 0.118 e. The highest BCUT2D eigenvalue weighted by Gasteiger charge is 2.07. The molecule has 0 fully saturated rings. The van der Waals surface area contributed by atoms with Gasteiger partial charge in [-0.2, -0.15) is 0 Å². The number of hydrogen-bond donors (Lipinski definition) is 2. The van der Waals surface area contributed by atoms with Crippen LogP contribution in [0.5, 0.6) is 5.75 Å². The van der Waals surface area contributed by atoms with E-state index in [1.54, 1.807) is 6.07 Å². The van der Waals surface area contributed by atoms with Gasteiger partial charge in [0.15, 0.2) is 0 Å². The van der Waals surface area contributed by atoms with Crippen LogP contribution in [0.3, 0.4) is 0 Å². The van der Waals surface area contributed by atoms with Gasteiger partial charge in [-0.1, -0.05) is 12.1 Å². The number of rotatable bonds is 6. The molecule has 0 amide bonds. The normalized spacial score (nSPS) is 11.9. The van der Waals surface area contributed by atoms with Gasteiger partial charge >= 0.3 is 0 Å². The fourth-order valence-electron chi connectivity index (χ4n) is 1.78. The van der Waals surface area contributed by atoms with Gasteiger partial charge in [0.25, 0.3) is 0 Å². The van der Waals surface area contributed by atoms with Gasteiger partial charge in [-0.15, -0.1) is 0 Å². The molecule has 0 aromatic heterocycles. The summed E-state index contributed by atoms with van der Waals surface area (Å²) in [5, 5.41) is 11.6. The summed E-state index contributed by atoms with van der Waals surface area (Å²) < 4.78 is 11.9. The first-order chi connectivity index (χ1) is 7.63. The van der Waals surface area contributed by atoms with Gasteiger partial charge in [-0.25, -0.2) is 0 Å². The Hall–Kier alpha value is -0.800. The first-order valence-corrected chi connectivity index (χ1v) is 5.81. The number of phenolic OH excluding ortho intramolecular Hbond substituents is 1. The van der Waals surface area contributed by atoms with Crippen LogP contribution in [-0.4, -0.2) is 24.4 Å². The third-order valence-corrected chi connectivity index (χ3v) is 2.73. The highest BCUT2D eigenvalue weighted by Crippen LogP contribution is 2.17. The Bertz CT molecular complexity index is 333. The molecule has 1 rings (SSSR count). The predicted octanol–water partition coefficient (Wildman–Crippen LogP) is -1.44. The van der Waals surface area contributed by atoms with E-state index in [0.29, 0.717) is 18.2 Å². The summed E-state index contributed by atoms with van der Waals surface area (Å²) in [4.78, 5) is 0. The van der Waals surface area contributed by atoms with Crippen molar-refractivity contribution in [3.8, 4) is 5.75 Å². The number of aromatic hydroxyl groups is 1. The Morgan fingerprint density at radius 1 is 1.41 bits per heavy atom. The summed E-state index contributed by atoms with van der Waals surface area (Å²) >= 11 is 0. The van der Waals surface area contributed by atoms with Crippen LogP contribution >= 0.6 is 0 Å². The number of phenols is 1. The van der Waals surface area contributed by atoms with Gasteiger partial charge in [0, 0.05) is 12.8 Å². The molecule has 0 aliphatic carbocycles. The lowest BCUT2D eigenvalue weighted by Gasteiger charge is -2.11. The van der Waals surface area contributed by atoms with Crippen molar-refractivity contribution in [2.75, 3.05) is 13.2 Å². The second-order valence-corrected chi connectivity index (χ2v) is 4.37. The molecule has 0 aliphatic heterocycles. The molecule has 1 aromatic carbocycles. The van der Waals surface area contributed by atoms with Crippen LogP contribution in [0.1, 0.15) is 24.5 Å². The molecule has 4 heteroatoms. The number of halogens is 2. The summed E-state index contributed by atoms with van der Waals surface area (Å²) in [5.41, 5.74) is 2.13. The minimum atomic E-state index is -0.235. The highest BCUT2D eigenvalue weighted by molar-refractivity contribution is 5.35. The average Bonchev–Trinajstić information content (AvgIpc) is 2.24. The van der Waals surface area contributed by atoms with Crippen molar-refractivity contribution in [2.24, 2.45) is 0 Å². The van der Waals surface area contributed by atoms with Crippen molar-refractivity contribution in [3.63, 3.8) is 0 Å². The second-order valence-electron chi connectivity index (χ2n) is 4.37. The van der Waals surface area contributed by atoms with Gasteiger partial charge in [0.05, 0.1) is 19.3 Å². The third-order valence-electron chi connectivity index (χ3n) is 2.73. The van der Waals surface area contributed by atoms with Gasteiger partial charge in [0.1, 0.15) is 5.75 Å². The van der Waals surface area contributed by atoms with E-state index in [1.807, 2.05) is 19.1 Å². The van der Waals surface area contributed by atoms with Crippen LogP contribution in [0.2, 0.25) is 0 Å². The number of hydrogen-bond acceptors (Lipinski definition) is 1.